The van der Waals surface area contributed by atoms with Crippen LogP contribution in [-0.4, -0.2) is 11.1 Å². The van der Waals surface area contributed by atoms with Crippen LogP contribution < -0.4 is 5.32 Å². The molecule has 4 nitrogen and oxygen atoms in total. The first-order valence-corrected chi connectivity index (χ1v) is 6.38. The van der Waals surface area contributed by atoms with Crippen LogP contribution in [0.15, 0.2) is 35.0 Å². The van der Waals surface area contributed by atoms with Gasteiger partial charge in [0, 0.05) is 6.42 Å². The summed E-state index contributed by atoms with van der Waals surface area (Å²) >= 11 is 0. The second-order valence-corrected chi connectivity index (χ2v) is 5.08. The molecule has 0 aliphatic heterocycles. The van der Waals surface area contributed by atoms with Gasteiger partial charge in [0.05, 0.1) is 11.8 Å². The van der Waals surface area contributed by atoms with Gasteiger partial charge in [-0.15, -0.1) is 0 Å². The maximum atomic E-state index is 11.8. The zero-order valence-corrected chi connectivity index (χ0v) is 11.4. The minimum atomic E-state index is -0.0555. The Morgan fingerprint density at radius 3 is 2.63 bits per heavy atom. The highest BCUT2D eigenvalue weighted by Crippen LogP contribution is 2.28. The van der Waals surface area contributed by atoms with Crippen molar-refractivity contribution in [2.24, 2.45) is 5.92 Å². The van der Waals surface area contributed by atoms with Crippen molar-refractivity contribution < 1.29 is 9.32 Å². The first-order chi connectivity index (χ1) is 9.06. The lowest BCUT2D eigenvalue weighted by atomic mass is 10.1. The fourth-order valence-electron chi connectivity index (χ4n) is 1.82. The van der Waals surface area contributed by atoms with E-state index in [1.807, 2.05) is 45.0 Å². The molecule has 0 bridgehead atoms. The Kier molecular flexibility index (Phi) is 4.00. The third-order valence-corrected chi connectivity index (χ3v) is 2.78. The van der Waals surface area contributed by atoms with Gasteiger partial charge in [-0.05, 0) is 18.4 Å². The number of aryl methyl sites for hydroxylation is 1. The molecule has 2 aromatic rings. The predicted molar refractivity (Wildman–Crippen MR) is 74.8 cm³/mol. The zero-order chi connectivity index (χ0) is 13.8. The van der Waals surface area contributed by atoms with E-state index in [0.29, 0.717) is 18.2 Å². The Morgan fingerprint density at radius 1 is 1.32 bits per heavy atom. The number of carbonyl (C=O) groups excluding carboxylic acids is 1. The van der Waals surface area contributed by atoms with E-state index in [1.54, 1.807) is 6.20 Å². The number of aromatic nitrogens is 1. The summed E-state index contributed by atoms with van der Waals surface area (Å²) in [4.78, 5) is 11.8. The Hall–Kier alpha value is -2.10. The first kappa shape index (κ1) is 13.3. The number of rotatable bonds is 4. The van der Waals surface area contributed by atoms with Crippen LogP contribution in [0.1, 0.15) is 25.8 Å². The predicted octanol–water partition coefficient (Wildman–Crippen LogP) is 3.63. The van der Waals surface area contributed by atoms with Crippen molar-refractivity contribution in [1.82, 2.24) is 5.16 Å². The fraction of sp³-hybridized carbons (Fsp3) is 0.333. The van der Waals surface area contributed by atoms with Crippen LogP contribution in [0.2, 0.25) is 0 Å². The van der Waals surface area contributed by atoms with E-state index in [-0.39, 0.29) is 5.91 Å². The highest BCUT2D eigenvalue weighted by atomic mass is 16.5. The third kappa shape index (κ3) is 3.44. The number of hydrogen-bond acceptors (Lipinski definition) is 3. The summed E-state index contributed by atoms with van der Waals surface area (Å²) in [5, 5.41) is 6.53. The molecular formula is C15H18N2O2. The monoisotopic (exact) mass is 258 g/mol. The molecule has 0 atom stereocenters. The van der Waals surface area contributed by atoms with E-state index in [4.69, 9.17) is 4.52 Å². The van der Waals surface area contributed by atoms with Crippen LogP contribution in [0.5, 0.6) is 0 Å². The zero-order valence-electron chi connectivity index (χ0n) is 11.4. The van der Waals surface area contributed by atoms with E-state index in [1.165, 1.54) is 5.56 Å². The molecule has 0 saturated heterocycles. The molecule has 0 fully saturated rings. The van der Waals surface area contributed by atoms with Gasteiger partial charge in [0.1, 0.15) is 0 Å². The molecule has 4 heteroatoms. The van der Waals surface area contributed by atoms with Crippen LogP contribution in [0, 0.1) is 12.8 Å². The second kappa shape index (κ2) is 5.69. The molecule has 2 rings (SSSR count). The standard InChI is InChI=1S/C15H18N2O2/c1-10(2)8-14(18)17-15-13(9-16-19-15)12-6-4-11(3)5-7-12/h4-7,9-10H,8H2,1-3H3,(H,17,18). The Morgan fingerprint density at radius 2 is 2.00 bits per heavy atom. The summed E-state index contributed by atoms with van der Waals surface area (Å²) < 4.78 is 5.12. The molecule has 1 amide bonds. The van der Waals surface area contributed by atoms with Gasteiger partial charge < -0.3 is 4.52 Å². The molecule has 0 radical (unpaired) electrons. The molecule has 1 aromatic carbocycles. The van der Waals surface area contributed by atoms with E-state index in [9.17, 15) is 4.79 Å². The van der Waals surface area contributed by atoms with Crippen LogP contribution in [0.25, 0.3) is 11.1 Å². The van der Waals surface area contributed by atoms with Crippen molar-refractivity contribution in [3.63, 3.8) is 0 Å². The van der Waals surface area contributed by atoms with Crippen molar-refractivity contribution in [2.45, 2.75) is 27.2 Å². The van der Waals surface area contributed by atoms with Crippen molar-refractivity contribution in [2.75, 3.05) is 5.32 Å². The molecular weight excluding hydrogens is 240 g/mol. The van der Waals surface area contributed by atoms with Gasteiger partial charge >= 0.3 is 0 Å². The summed E-state index contributed by atoms with van der Waals surface area (Å²) in [7, 11) is 0. The fourth-order valence-corrected chi connectivity index (χ4v) is 1.82. The highest BCUT2D eigenvalue weighted by Gasteiger charge is 2.14. The quantitative estimate of drug-likeness (QED) is 0.911. The lowest BCUT2D eigenvalue weighted by Crippen LogP contribution is -2.13. The summed E-state index contributed by atoms with van der Waals surface area (Å²) in [6.45, 7) is 6.03. The molecule has 100 valence electrons. The average molecular weight is 258 g/mol. The summed E-state index contributed by atoms with van der Waals surface area (Å²) in [6, 6.07) is 8.00. The molecule has 0 saturated carbocycles. The molecule has 0 spiro atoms. The summed E-state index contributed by atoms with van der Waals surface area (Å²) in [5.41, 5.74) is 2.97. The van der Waals surface area contributed by atoms with E-state index in [0.717, 1.165) is 11.1 Å². The van der Waals surface area contributed by atoms with Crippen LogP contribution in [0.4, 0.5) is 5.88 Å². The van der Waals surface area contributed by atoms with Crippen LogP contribution >= 0.6 is 0 Å². The number of nitrogens with one attached hydrogen (secondary N) is 1. The summed E-state index contributed by atoms with van der Waals surface area (Å²) in [5.74, 6) is 0.667. The average Bonchev–Trinajstić information content (AvgIpc) is 2.77. The van der Waals surface area contributed by atoms with Crippen molar-refractivity contribution in [3.05, 3.63) is 36.0 Å². The van der Waals surface area contributed by atoms with E-state index in [2.05, 4.69) is 10.5 Å². The minimum absolute atomic E-state index is 0.0555. The molecule has 1 N–H and O–H groups in total. The van der Waals surface area contributed by atoms with Crippen molar-refractivity contribution in [3.8, 4) is 11.1 Å². The summed E-state index contributed by atoms with van der Waals surface area (Å²) in [6.07, 6.45) is 2.09. The number of benzene rings is 1. The van der Waals surface area contributed by atoms with Gasteiger partial charge in [-0.2, -0.15) is 0 Å². The molecule has 19 heavy (non-hydrogen) atoms. The maximum Gasteiger partial charge on any atom is 0.239 e. The second-order valence-electron chi connectivity index (χ2n) is 5.08. The Balaban J connectivity index is 2.18. The molecule has 1 aromatic heterocycles. The molecule has 0 aliphatic carbocycles. The number of amides is 1. The molecule has 0 aliphatic rings. The van der Waals surface area contributed by atoms with Crippen molar-refractivity contribution >= 4 is 11.8 Å². The topological polar surface area (TPSA) is 55.1 Å². The minimum Gasteiger partial charge on any atom is -0.338 e. The normalized spacial score (nSPS) is 10.7. The van der Waals surface area contributed by atoms with Gasteiger partial charge in [0.15, 0.2) is 0 Å². The van der Waals surface area contributed by atoms with Crippen LogP contribution in [-0.2, 0) is 4.79 Å². The van der Waals surface area contributed by atoms with Gasteiger partial charge in [-0.3, -0.25) is 10.1 Å². The van der Waals surface area contributed by atoms with Gasteiger partial charge in [-0.1, -0.05) is 48.8 Å². The largest absolute Gasteiger partial charge is 0.338 e. The highest BCUT2D eigenvalue weighted by molar-refractivity contribution is 5.93. The SMILES string of the molecule is Cc1ccc(-c2cnoc2NC(=O)CC(C)C)cc1. The van der Waals surface area contributed by atoms with Gasteiger partial charge in [0.25, 0.3) is 0 Å². The number of anilines is 1. The third-order valence-electron chi connectivity index (χ3n) is 2.78. The lowest BCUT2D eigenvalue weighted by Gasteiger charge is -2.06. The first-order valence-electron chi connectivity index (χ1n) is 6.38. The van der Waals surface area contributed by atoms with Crippen LogP contribution in [0.3, 0.4) is 0 Å². The Labute approximate surface area is 112 Å². The van der Waals surface area contributed by atoms with Gasteiger partial charge in [0.2, 0.25) is 11.8 Å². The lowest BCUT2D eigenvalue weighted by molar-refractivity contribution is -0.116. The van der Waals surface area contributed by atoms with E-state index >= 15 is 0 Å². The van der Waals surface area contributed by atoms with Crippen molar-refractivity contribution in [1.29, 1.82) is 0 Å². The molecule has 0 unspecified atom stereocenters. The number of carbonyl (C=O) groups is 1. The molecule has 1 heterocycles. The Bertz CT molecular complexity index is 556. The maximum absolute atomic E-state index is 11.8. The van der Waals surface area contributed by atoms with Gasteiger partial charge in [-0.25, -0.2) is 0 Å². The number of nitrogens with zero attached hydrogens (tertiary/aromatic N) is 1. The van der Waals surface area contributed by atoms with E-state index < -0.39 is 0 Å². The smallest absolute Gasteiger partial charge is 0.239 e. The number of hydrogen-bond donors (Lipinski definition) is 1.